The van der Waals surface area contributed by atoms with E-state index in [1.807, 2.05) is 24.3 Å². The summed E-state index contributed by atoms with van der Waals surface area (Å²) in [5.41, 5.74) is 2.39. The van der Waals surface area contributed by atoms with Crippen LogP contribution in [0.15, 0.2) is 42.5 Å². The Labute approximate surface area is 137 Å². The highest BCUT2D eigenvalue weighted by atomic mass is 16.6. The third-order valence-electron chi connectivity index (χ3n) is 4.11. The van der Waals surface area contributed by atoms with Gasteiger partial charge in [-0.05, 0) is 30.2 Å². The SMILES string of the molecule is CCC(NCc1cccc2c1OCCO2)c1ccc(OC)cc1. The van der Waals surface area contributed by atoms with Crippen LogP contribution < -0.4 is 19.5 Å². The van der Waals surface area contributed by atoms with Crippen LogP contribution in [0.3, 0.4) is 0 Å². The van der Waals surface area contributed by atoms with E-state index in [9.17, 15) is 0 Å². The lowest BCUT2D eigenvalue weighted by Crippen LogP contribution is -2.22. The summed E-state index contributed by atoms with van der Waals surface area (Å²) in [6, 6.07) is 14.6. The van der Waals surface area contributed by atoms with E-state index in [1.54, 1.807) is 7.11 Å². The zero-order valence-corrected chi connectivity index (χ0v) is 13.7. The maximum atomic E-state index is 5.77. The standard InChI is InChI=1S/C19H23NO3/c1-3-17(14-7-9-16(21-2)10-8-14)20-13-15-5-4-6-18-19(15)23-12-11-22-18/h4-10,17,20H,3,11-13H2,1-2H3. The summed E-state index contributed by atoms with van der Waals surface area (Å²) < 4.78 is 16.6. The molecule has 0 bridgehead atoms. The summed E-state index contributed by atoms with van der Waals surface area (Å²) in [5.74, 6) is 2.59. The predicted octanol–water partition coefficient (Wildman–Crippen LogP) is 3.71. The molecular weight excluding hydrogens is 290 g/mol. The summed E-state index contributed by atoms with van der Waals surface area (Å²) in [4.78, 5) is 0. The number of para-hydroxylation sites is 1. The molecule has 4 heteroatoms. The van der Waals surface area contributed by atoms with Crippen molar-refractivity contribution < 1.29 is 14.2 Å². The molecule has 122 valence electrons. The number of rotatable bonds is 6. The fraction of sp³-hybridized carbons (Fsp3) is 0.368. The van der Waals surface area contributed by atoms with E-state index < -0.39 is 0 Å². The Kier molecular flexibility index (Phi) is 5.03. The van der Waals surface area contributed by atoms with Crippen LogP contribution >= 0.6 is 0 Å². The predicted molar refractivity (Wildman–Crippen MR) is 90.3 cm³/mol. The molecule has 4 nitrogen and oxygen atoms in total. The minimum absolute atomic E-state index is 0.293. The Hall–Kier alpha value is -2.20. The molecule has 0 amide bonds. The summed E-state index contributed by atoms with van der Waals surface area (Å²) in [6.07, 6.45) is 1.01. The largest absolute Gasteiger partial charge is 0.497 e. The molecule has 0 aliphatic carbocycles. The van der Waals surface area contributed by atoms with Gasteiger partial charge in [0.25, 0.3) is 0 Å². The Morgan fingerprint density at radius 3 is 2.61 bits per heavy atom. The molecular formula is C19H23NO3. The lowest BCUT2D eigenvalue weighted by molar-refractivity contribution is 0.169. The number of hydrogen-bond acceptors (Lipinski definition) is 4. The van der Waals surface area contributed by atoms with E-state index in [-0.39, 0.29) is 0 Å². The molecule has 0 spiro atoms. The average Bonchev–Trinajstić information content (AvgIpc) is 2.63. The number of fused-ring (bicyclic) bond motifs is 1. The van der Waals surface area contributed by atoms with Crippen molar-refractivity contribution in [3.63, 3.8) is 0 Å². The van der Waals surface area contributed by atoms with Crippen LogP contribution in [-0.4, -0.2) is 20.3 Å². The molecule has 2 aromatic carbocycles. The van der Waals surface area contributed by atoms with E-state index in [4.69, 9.17) is 14.2 Å². The molecule has 1 atom stereocenters. The van der Waals surface area contributed by atoms with Gasteiger partial charge < -0.3 is 19.5 Å². The van der Waals surface area contributed by atoms with Crippen molar-refractivity contribution in [1.82, 2.24) is 5.32 Å². The highest BCUT2D eigenvalue weighted by Gasteiger charge is 2.16. The van der Waals surface area contributed by atoms with Gasteiger partial charge in [0.2, 0.25) is 0 Å². The molecule has 23 heavy (non-hydrogen) atoms. The van der Waals surface area contributed by atoms with Crippen LogP contribution in [0, 0.1) is 0 Å². The summed E-state index contributed by atoms with van der Waals surface area (Å²) in [5, 5.41) is 3.61. The van der Waals surface area contributed by atoms with Crippen molar-refractivity contribution in [2.45, 2.75) is 25.9 Å². The van der Waals surface area contributed by atoms with Crippen LogP contribution in [0.2, 0.25) is 0 Å². The third kappa shape index (κ3) is 3.59. The molecule has 1 N–H and O–H groups in total. The van der Waals surface area contributed by atoms with Crippen LogP contribution in [0.4, 0.5) is 0 Å². The molecule has 0 saturated heterocycles. The van der Waals surface area contributed by atoms with Crippen molar-refractivity contribution in [2.75, 3.05) is 20.3 Å². The van der Waals surface area contributed by atoms with Gasteiger partial charge in [-0.15, -0.1) is 0 Å². The van der Waals surface area contributed by atoms with Gasteiger partial charge in [0.05, 0.1) is 7.11 Å². The van der Waals surface area contributed by atoms with Crippen LogP contribution in [0.1, 0.15) is 30.5 Å². The van der Waals surface area contributed by atoms with Gasteiger partial charge in [-0.2, -0.15) is 0 Å². The first-order valence-electron chi connectivity index (χ1n) is 8.06. The highest BCUT2D eigenvalue weighted by Crippen LogP contribution is 2.34. The smallest absolute Gasteiger partial charge is 0.165 e. The summed E-state index contributed by atoms with van der Waals surface area (Å²) in [6.45, 7) is 4.16. The van der Waals surface area contributed by atoms with Crippen molar-refractivity contribution in [3.8, 4) is 17.2 Å². The summed E-state index contributed by atoms with van der Waals surface area (Å²) >= 11 is 0. The zero-order valence-electron chi connectivity index (χ0n) is 13.7. The van der Waals surface area contributed by atoms with Gasteiger partial charge in [0.1, 0.15) is 19.0 Å². The van der Waals surface area contributed by atoms with Gasteiger partial charge in [-0.25, -0.2) is 0 Å². The fourth-order valence-corrected chi connectivity index (χ4v) is 2.84. The fourth-order valence-electron chi connectivity index (χ4n) is 2.84. The van der Waals surface area contributed by atoms with Gasteiger partial charge >= 0.3 is 0 Å². The molecule has 0 aromatic heterocycles. The van der Waals surface area contributed by atoms with Gasteiger partial charge in [-0.3, -0.25) is 0 Å². The van der Waals surface area contributed by atoms with Crippen LogP contribution in [0.5, 0.6) is 17.2 Å². The molecule has 0 saturated carbocycles. The molecule has 0 fully saturated rings. The second-order valence-corrected chi connectivity index (χ2v) is 5.56. The molecule has 3 rings (SSSR count). The van der Waals surface area contributed by atoms with E-state index in [2.05, 4.69) is 30.4 Å². The minimum Gasteiger partial charge on any atom is -0.497 e. The monoisotopic (exact) mass is 313 g/mol. The molecule has 2 aromatic rings. The van der Waals surface area contributed by atoms with Gasteiger partial charge in [0.15, 0.2) is 11.5 Å². The Morgan fingerprint density at radius 1 is 1.09 bits per heavy atom. The highest BCUT2D eigenvalue weighted by molar-refractivity contribution is 5.47. The minimum atomic E-state index is 0.293. The first kappa shape index (κ1) is 15.7. The quantitative estimate of drug-likeness (QED) is 0.882. The maximum Gasteiger partial charge on any atom is 0.165 e. The van der Waals surface area contributed by atoms with Gasteiger partial charge in [0, 0.05) is 18.2 Å². The maximum absolute atomic E-state index is 5.77. The first-order chi connectivity index (χ1) is 11.3. The Balaban J connectivity index is 1.70. The van der Waals surface area contributed by atoms with Crippen molar-refractivity contribution >= 4 is 0 Å². The van der Waals surface area contributed by atoms with Crippen LogP contribution in [-0.2, 0) is 6.54 Å². The summed E-state index contributed by atoms with van der Waals surface area (Å²) in [7, 11) is 1.69. The Morgan fingerprint density at radius 2 is 1.87 bits per heavy atom. The first-order valence-corrected chi connectivity index (χ1v) is 8.06. The van der Waals surface area contributed by atoms with E-state index in [0.717, 1.165) is 35.8 Å². The van der Waals surface area contributed by atoms with Crippen molar-refractivity contribution in [2.24, 2.45) is 0 Å². The van der Waals surface area contributed by atoms with E-state index >= 15 is 0 Å². The topological polar surface area (TPSA) is 39.7 Å². The van der Waals surface area contributed by atoms with E-state index in [0.29, 0.717) is 19.3 Å². The number of methoxy groups -OCH3 is 1. The molecule has 1 heterocycles. The van der Waals surface area contributed by atoms with Crippen molar-refractivity contribution in [1.29, 1.82) is 0 Å². The molecule has 0 radical (unpaired) electrons. The number of hydrogen-bond donors (Lipinski definition) is 1. The lowest BCUT2D eigenvalue weighted by atomic mass is 10.0. The van der Waals surface area contributed by atoms with Crippen molar-refractivity contribution in [3.05, 3.63) is 53.6 Å². The number of benzene rings is 2. The molecule has 1 aliphatic heterocycles. The number of nitrogens with one attached hydrogen (secondary N) is 1. The normalized spacial score (nSPS) is 14.3. The second-order valence-electron chi connectivity index (χ2n) is 5.56. The molecule has 1 unspecified atom stereocenters. The third-order valence-corrected chi connectivity index (χ3v) is 4.11. The number of ether oxygens (including phenoxy) is 3. The average molecular weight is 313 g/mol. The van der Waals surface area contributed by atoms with Gasteiger partial charge in [-0.1, -0.05) is 31.2 Å². The second kappa shape index (κ2) is 7.38. The zero-order chi connectivity index (χ0) is 16.1. The lowest BCUT2D eigenvalue weighted by Gasteiger charge is -2.23. The van der Waals surface area contributed by atoms with Crippen LogP contribution in [0.25, 0.3) is 0 Å². The van der Waals surface area contributed by atoms with E-state index in [1.165, 1.54) is 5.56 Å². The molecule has 1 aliphatic rings. The Bertz CT molecular complexity index is 640.